The summed E-state index contributed by atoms with van der Waals surface area (Å²) in [5.74, 6) is 3.68. The Hall–Kier alpha value is -0.660. The number of carbonyl (C=O) groups is 2. The van der Waals surface area contributed by atoms with Crippen LogP contribution >= 0.6 is 0 Å². The molecule has 3 saturated carbocycles. The first-order valence-corrected chi connectivity index (χ1v) is 9.05. The van der Waals surface area contributed by atoms with Crippen molar-refractivity contribution in [1.82, 2.24) is 0 Å². The topological polar surface area (TPSA) is 34.1 Å². The van der Waals surface area contributed by atoms with Gasteiger partial charge in [0.05, 0.1) is 0 Å². The summed E-state index contributed by atoms with van der Waals surface area (Å²) in [7, 11) is 0. The van der Waals surface area contributed by atoms with Crippen LogP contribution in [0.3, 0.4) is 0 Å². The van der Waals surface area contributed by atoms with Crippen molar-refractivity contribution < 1.29 is 9.59 Å². The van der Waals surface area contributed by atoms with Crippen molar-refractivity contribution in [2.24, 2.45) is 29.1 Å². The first-order chi connectivity index (χ1) is 10.0. The minimum Gasteiger partial charge on any atom is -0.300 e. The fourth-order valence-corrected chi connectivity index (χ4v) is 5.56. The minimum absolute atomic E-state index is 0.00958. The lowest BCUT2D eigenvalue weighted by molar-refractivity contribution is -0.130. The van der Waals surface area contributed by atoms with Crippen molar-refractivity contribution in [2.45, 2.75) is 78.1 Å². The van der Waals surface area contributed by atoms with Gasteiger partial charge in [-0.1, -0.05) is 20.3 Å². The van der Waals surface area contributed by atoms with Gasteiger partial charge in [0.25, 0.3) is 0 Å². The molecular formula is C19H30O2. The molecule has 0 aliphatic heterocycles. The van der Waals surface area contributed by atoms with Crippen LogP contribution in [0.5, 0.6) is 0 Å². The second-order valence-electron chi connectivity index (χ2n) is 8.27. The molecule has 5 unspecified atom stereocenters. The van der Waals surface area contributed by atoms with Crippen LogP contribution in [0.15, 0.2) is 0 Å². The zero-order valence-corrected chi connectivity index (χ0v) is 13.7. The summed E-state index contributed by atoms with van der Waals surface area (Å²) in [5, 5.41) is 0. The second-order valence-corrected chi connectivity index (χ2v) is 8.27. The molecule has 0 spiro atoms. The van der Waals surface area contributed by atoms with Gasteiger partial charge in [0.2, 0.25) is 0 Å². The molecule has 0 N–H and O–H groups in total. The number of ketones is 2. The Morgan fingerprint density at radius 1 is 1.00 bits per heavy atom. The van der Waals surface area contributed by atoms with Gasteiger partial charge < -0.3 is 0 Å². The lowest BCUT2D eigenvalue weighted by Crippen LogP contribution is -2.42. The van der Waals surface area contributed by atoms with Gasteiger partial charge in [0, 0.05) is 24.7 Å². The van der Waals surface area contributed by atoms with Crippen LogP contribution in [0.2, 0.25) is 0 Å². The third-order valence-electron chi connectivity index (χ3n) is 6.89. The minimum atomic E-state index is -0.00958. The SMILES string of the molecule is CC1CCC2C(CCCC(=O)C1)CCC1(C)C(=O)CCC21. The highest BCUT2D eigenvalue weighted by molar-refractivity contribution is 5.87. The predicted molar refractivity (Wildman–Crippen MR) is 83.9 cm³/mol. The quantitative estimate of drug-likeness (QED) is 0.655. The van der Waals surface area contributed by atoms with Gasteiger partial charge in [-0.05, 0) is 62.2 Å². The van der Waals surface area contributed by atoms with E-state index in [1.165, 1.54) is 25.7 Å². The summed E-state index contributed by atoms with van der Waals surface area (Å²) in [5.41, 5.74) is -0.00958. The largest absolute Gasteiger partial charge is 0.300 e. The van der Waals surface area contributed by atoms with E-state index in [9.17, 15) is 9.59 Å². The highest BCUT2D eigenvalue weighted by atomic mass is 16.1. The molecule has 3 aliphatic rings. The Morgan fingerprint density at radius 2 is 1.81 bits per heavy atom. The van der Waals surface area contributed by atoms with Gasteiger partial charge in [-0.3, -0.25) is 9.59 Å². The molecule has 0 saturated heterocycles. The fourth-order valence-electron chi connectivity index (χ4n) is 5.56. The molecule has 0 bridgehead atoms. The molecule has 0 aromatic carbocycles. The van der Waals surface area contributed by atoms with Crippen molar-refractivity contribution >= 4 is 11.6 Å². The zero-order chi connectivity index (χ0) is 15.0. The van der Waals surface area contributed by atoms with Gasteiger partial charge in [0.15, 0.2) is 0 Å². The first-order valence-electron chi connectivity index (χ1n) is 9.05. The summed E-state index contributed by atoms with van der Waals surface area (Å²) in [6.07, 6.45) is 10.5. The van der Waals surface area contributed by atoms with Crippen LogP contribution in [0.1, 0.15) is 78.1 Å². The molecule has 21 heavy (non-hydrogen) atoms. The fraction of sp³-hybridized carbons (Fsp3) is 0.895. The van der Waals surface area contributed by atoms with Crippen LogP contribution in [0.4, 0.5) is 0 Å². The van der Waals surface area contributed by atoms with E-state index in [1.807, 2.05) is 0 Å². The highest BCUT2D eigenvalue weighted by Gasteiger charge is 2.53. The van der Waals surface area contributed by atoms with Crippen molar-refractivity contribution in [3.05, 3.63) is 0 Å². The van der Waals surface area contributed by atoms with Crippen molar-refractivity contribution in [3.8, 4) is 0 Å². The average molecular weight is 290 g/mol. The molecule has 3 aliphatic carbocycles. The van der Waals surface area contributed by atoms with E-state index in [0.717, 1.165) is 50.4 Å². The Morgan fingerprint density at radius 3 is 2.62 bits per heavy atom. The molecule has 0 amide bonds. The maximum atomic E-state index is 12.3. The summed E-state index contributed by atoms with van der Waals surface area (Å²) >= 11 is 0. The molecule has 0 aromatic heterocycles. The zero-order valence-electron chi connectivity index (χ0n) is 13.7. The molecule has 0 heterocycles. The summed E-state index contributed by atoms with van der Waals surface area (Å²) in [6, 6.07) is 0. The van der Waals surface area contributed by atoms with Gasteiger partial charge in [-0.2, -0.15) is 0 Å². The summed E-state index contributed by atoms with van der Waals surface area (Å²) < 4.78 is 0. The van der Waals surface area contributed by atoms with Crippen LogP contribution in [0.25, 0.3) is 0 Å². The Labute approximate surface area is 129 Å². The van der Waals surface area contributed by atoms with E-state index in [0.29, 0.717) is 23.4 Å². The first kappa shape index (κ1) is 15.2. The van der Waals surface area contributed by atoms with E-state index in [2.05, 4.69) is 13.8 Å². The Kier molecular flexibility index (Phi) is 4.25. The maximum absolute atomic E-state index is 12.3. The van der Waals surface area contributed by atoms with E-state index >= 15 is 0 Å². The Balaban J connectivity index is 1.78. The lowest BCUT2D eigenvalue weighted by atomic mass is 9.58. The summed E-state index contributed by atoms with van der Waals surface area (Å²) in [6.45, 7) is 4.48. The Bertz CT molecular complexity index is 427. The highest BCUT2D eigenvalue weighted by Crippen LogP contribution is 2.56. The van der Waals surface area contributed by atoms with Gasteiger partial charge in [-0.25, -0.2) is 0 Å². The average Bonchev–Trinajstić information content (AvgIpc) is 2.73. The molecule has 0 radical (unpaired) electrons. The summed E-state index contributed by atoms with van der Waals surface area (Å²) in [4.78, 5) is 24.2. The second kappa shape index (κ2) is 5.85. The van der Waals surface area contributed by atoms with Crippen LogP contribution < -0.4 is 0 Å². The molecule has 3 fully saturated rings. The predicted octanol–water partition coefficient (Wildman–Crippen LogP) is 4.56. The molecular weight excluding hydrogens is 260 g/mol. The molecule has 3 rings (SSSR count). The molecule has 0 aromatic rings. The van der Waals surface area contributed by atoms with Crippen LogP contribution in [-0.4, -0.2) is 11.6 Å². The van der Waals surface area contributed by atoms with E-state index < -0.39 is 0 Å². The van der Waals surface area contributed by atoms with Gasteiger partial charge in [0.1, 0.15) is 11.6 Å². The molecule has 118 valence electrons. The number of hydrogen-bond donors (Lipinski definition) is 0. The van der Waals surface area contributed by atoms with Crippen LogP contribution in [-0.2, 0) is 9.59 Å². The van der Waals surface area contributed by atoms with E-state index in [-0.39, 0.29) is 5.41 Å². The van der Waals surface area contributed by atoms with Gasteiger partial charge in [-0.15, -0.1) is 0 Å². The lowest BCUT2D eigenvalue weighted by Gasteiger charge is -2.46. The smallest absolute Gasteiger partial charge is 0.139 e. The van der Waals surface area contributed by atoms with Gasteiger partial charge >= 0.3 is 0 Å². The normalized spacial score (nSPS) is 45.0. The molecule has 2 nitrogen and oxygen atoms in total. The van der Waals surface area contributed by atoms with Crippen molar-refractivity contribution in [3.63, 3.8) is 0 Å². The third kappa shape index (κ3) is 2.83. The van der Waals surface area contributed by atoms with E-state index in [4.69, 9.17) is 0 Å². The number of fused-ring (bicyclic) bond motifs is 3. The number of Topliss-reactive ketones (excluding diaryl/α,β-unsaturated/α-hetero) is 2. The number of carbonyl (C=O) groups excluding carboxylic acids is 2. The van der Waals surface area contributed by atoms with Crippen molar-refractivity contribution in [2.75, 3.05) is 0 Å². The molecule has 2 heteroatoms. The van der Waals surface area contributed by atoms with E-state index in [1.54, 1.807) is 0 Å². The number of hydrogen-bond acceptors (Lipinski definition) is 2. The molecule has 5 atom stereocenters. The number of rotatable bonds is 0. The van der Waals surface area contributed by atoms with Crippen LogP contribution in [0, 0.1) is 29.1 Å². The maximum Gasteiger partial charge on any atom is 0.139 e. The third-order valence-corrected chi connectivity index (χ3v) is 6.89. The van der Waals surface area contributed by atoms with Crippen molar-refractivity contribution in [1.29, 1.82) is 0 Å². The standard InChI is InChI=1S/C19H30O2/c1-13-6-7-16-14(4-3-5-15(20)12-13)10-11-19(2)17(16)8-9-18(19)21/h13-14,16-17H,3-12H2,1-2H3. The monoisotopic (exact) mass is 290 g/mol.